The van der Waals surface area contributed by atoms with Crippen LogP contribution in [0.5, 0.6) is 0 Å². The Morgan fingerprint density at radius 1 is 1.28 bits per heavy atom. The van der Waals surface area contributed by atoms with E-state index < -0.39 is 24.0 Å². The molecule has 1 saturated heterocycles. The van der Waals surface area contributed by atoms with Crippen LogP contribution in [0.1, 0.15) is 19.4 Å². The van der Waals surface area contributed by atoms with Crippen molar-refractivity contribution < 1.29 is 28.5 Å². The van der Waals surface area contributed by atoms with Crippen LogP contribution < -0.4 is 0 Å². The molecule has 3 rings (SSSR count). The van der Waals surface area contributed by atoms with Crippen LogP contribution in [-0.2, 0) is 28.5 Å². The van der Waals surface area contributed by atoms with Gasteiger partial charge in [-0.05, 0) is 25.5 Å². The van der Waals surface area contributed by atoms with Gasteiger partial charge >= 0.3 is 5.97 Å². The predicted octanol–water partition coefficient (Wildman–Crippen LogP) is 2.65. The first kappa shape index (κ1) is 17.5. The lowest BCUT2D eigenvalue weighted by Gasteiger charge is -2.21. The van der Waals surface area contributed by atoms with Gasteiger partial charge in [0.2, 0.25) is 5.76 Å². The molecule has 1 fully saturated rings. The zero-order chi connectivity index (χ0) is 17.9. The molecule has 1 aromatic carbocycles. The van der Waals surface area contributed by atoms with Crippen LogP contribution in [0.3, 0.4) is 0 Å². The number of cyclic esters (lactones) is 1. The molecule has 2 aliphatic heterocycles. The zero-order valence-corrected chi connectivity index (χ0v) is 14.6. The Balaban J connectivity index is 1.65. The molecular formula is C19H22O6. The van der Waals surface area contributed by atoms with E-state index in [-0.39, 0.29) is 12.4 Å². The predicted molar refractivity (Wildman–Crippen MR) is 90.2 cm³/mol. The van der Waals surface area contributed by atoms with Gasteiger partial charge in [0.15, 0.2) is 17.7 Å². The number of carbonyl (C=O) groups is 1. The van der Waals surface area contributed by atoms with Gasteiger partial charge in [0, 0.05) is 0 Å². The molecule has 0 aliphatic carbocycles. The summed E-state index contributed by atoms with van der Waals surface area (Å²) in [6.07, 6.45) is 2.66. The van der Waals surface area contributed by atoms with Crippen LogP contribution in [-0.4, -0.2) is 44.3 Å². The number of methoxy groups -OCH3 is 1. The van der Waals surface area contributed by atoms with Crippen molar-refractivity contribution in [1.82, 2.24) is 0 Å². The minimum atomic E-state index is -0.710. The van der Waals surface area contributed by atoms with E-state index in [4.69, 9.17) is 23.7 Å². The van der Waals surface area contributed by atoms with Crippen molar-refractivity contribution in [3.05, 3.63) is 53.5 Å². The largest absolute Gasteiger partial charge is 0.493 e. The highest BCUT2D eigenvalue weighted by Crippen LogP contribution is 2.33. The molecule has 25 heavy (non-hydrogen) atoms. The highest BCUT2D eigenvalue weighted by molar-refractivity contribution is 5.89. The van der Waals surface area contributed by atoms with Gasteiger partial charge in [0.25, 0.3) is 0 Å². The van der Waals surface area contributed by atoms with E-state index in [1.165, 1.54) is 7.11 Å². The second kappa shape index (κ2) is 7.29. The average Bonchev–Trinajstić information content (AvgIpc) is 3.11. The van der Waals surface area contributed by atoms with Gasteiger partial charge < -0.3 is 23.7 Å². The van der Waals surface area contributed by atoms with E-state index in [0.717, 1.165) is 5.56 Å². The first-order valence-electron chi connectivity index (χ1n) is 8.15. The highest BCUT2D eigenvalue weighted by Gasteiger charge is 2.47. The third-order valence-electron chi connectivity index (χ3n) is 3.92. The van der Waals surface area contributed by atoms with Crippen LogP contribution in [0.25, 0.3) is 6.08 Å². The van der Waals surface area contributed by atoms with Gasteiger partial charge in [-0.2, -0.15) is 0 Å². The Bertz CT molecular complexity index is 676. The molecule has 0 bridgehead atoms. The van der Waals surface area contributed by atoms with Crippen molar-refractivity contribution in [3.63, 3.8) is 0 Å². The summed E-state index contributed by atoms with van der Waals surface area (Å²) < 4.78 is 27.6. The van der Waals surface area contributed by atoms with E-state index >= 15 is 0 Å². The molecule has 0 saturated carbocycles. The third kappa shape index (κ3) is 4.03. The summed E-state index contributed by atoms with van der Waals surface area (Å²) >= 11 is 0. The molecule has 0 spiro atoms. The molecule has 6 heteroatoms. The maximum absolute atomic E-state index is 12.1. The van der Waals surface area contributed by atoms with Crippen LogP contribution in [0, 0.1) is 0 Å². The summed E-state index contributed by atoms with van der Waals surface area (Å²) in [6.45, 7) is 4.17. The van der Waals surface area contributed by atoms with Gasteiger partial charge in [-0.15, -0.1) is 0 Å². The molecule has 1 aromatic rings. The summed E-state index contributed by atoms with van der Waals surface area (Å²) in [7, 11) is 1.48. The third-order valence-corrected chi connectivity index (χ3v) is 3.92. The zero-order valence-electron chi connectivity index (χ0n) is 14.6. The number of ether oxygens (including phenoxy) is 5. The fraction of sp³-hybridized carbons (Fsp3) is 0.421. The fourth-order valence-corrected chi connectivity index (χ4v) is 2.78. The summed E-state index contributed by atoms with van der Waals surface area (Å²) in [5, 5.41) is 0. The van der Waals surface area contributed by atoms with Crippen molar-refractivity contribution in [3.8, 4) is 0 Å². The van der Waals surface area contributed by atoms with Gasteiger partial charge in [-0.3, -0.25) is 0 Å². The minimum absolute atomic E-state index is 0.0820. The molecule has 2 atom stereocenters. The lowest BCUT2D eigenvalue weighted by molar-refractivity contribution is -0.163. The second-order valence-electron chi connectivity index (χ2n) is 6.21. The van der Waals surface area contributed by atoms with E-state index in [9.17, 15) is 4.79 Å². The summed E-state index contributed by atoms with van der Waals surface area (Å²) in [6, 6.07) is 9.82. The number of hydrogen-bond acceptors (Lipinski definition) is 6. The lowest BCUT2D eigenvalue weighted by Crippen LogP contribution is -2.33. The number of hydrogen-bond donors (Lipinski definition) is 0. The van der Waals surface area contributed by atoms with Crippen LogP contribution in [0.2, 0.25) is 0 Å². The Labute approximate surface area is 147 Å². The van der Waals surface area contributed by atoms with Gasteiger partial charge in [0.1, 0.15) is 12.7 Å². The van der Waals surface area contributed by atoms with Crippen LogP contribution in [0.15, 0.2) is 47.9 Å². The van der Waals surface area contributed by atoms with Crippen molar-refractivity contribution >= 4 is 12.0 Å². The molecule has 0 N–H and O–H groups in total. The molecule has 134 valence electrons. The summed E-state index contributed by atoms with van der Waals surface area (Å²) in [4.78, 5) is 12.1. The minimum Gasteiger partial charge on any atom is -0.493 e. The van der Waals surface area contributed by atoms with Gasteiger partial charge in [0.05, 0.1) is 13.7 Å². The maximum Gasteiger partial charge on any atom is 0.378 e. The van der Waals surface area contributed by atoms with Crippen LogP contribution >= 0.6 is 0 Å². The summed E-state index contributed by atoms with van der Waals surface area (Å²) in [5.74, 6) is -0.844. The Morgan fingerprint density at radius 2 is 2.04 bits per heavy atom. The first-order chi connectivity index (χ1) is 12.0. The molecule has 2 heterocycles. The molecule has 2 aliphatic rings. The van der Waals surface area contributed by atoms with Gasteiger partial charge in [-0.1, -0.05) is 36.4 Å². The topological polar surface area (TPSA) is 63.2 Å². The van der Waals surface area contributed by atoms with Crippen molar-refractivity contribution in [1.29, 1.82) is 0 Å². The van der Waals surface area contributed by atoms with Crippen LogP contribution in [0.4, 0.5) is 0 Å². The molecule has 0 aromatic heterocycles. The Kier molecular flexibility index (Phi) is 5.11. The molecule has 0 radical (unpaired) electrons. The van der Waals surface area contributed by atoms with Crippen molar-refractivity contribution in [2.24, 2.45) is 0 Å². The SMILES string of the molecule is COC1=C(OC/C=C/c2ccccc2)C(=O)O[C@@H]1[C@@H]1COC(C)(C)O1. The van der Waals surface area contributed by atoms with E-state index in [2.05, 4.69) is 0 Å². The Hall–Kier alpha value is -2.31. The fourth-order valence-electron chi connectivity index (χ4n) is 2.78. The van der Waals surface area contributed by atoms with E-state index in [0.29, 0.717) is 12.4 Å². The van der Waals surface area contributed by atoms with Gasteiger partial charge in [-0.25, -0.2) is 4.79 Å². The number of carbonyl (C=O) groups excluding carboxylic acids is 1. The number of rotatable bonds is 6. The van der Waals surface area contributed by atoms with E-state index in [1.54, 1.807) is 0 Å². The van der Waals surface area contributed by atoms with E-state index in [1.807, 2.05) is 56.3 Å². The first-order valence-corrected chi connectivity index (χ1v) is 8.15. The second-order valence-corrected chi connectivity index (χ2v) is 6.21. The molecule has 0 amide bonds. The summed E-state index contributed by atoms with van der Waals surface area (Å²) in [5.41, 5.74) is 1.05. The smallest absolute Gasteiger partial charge is 0.378 e. The highest BCUT2D eigenvalue weighted by atomic mass is 16.8. The average molecular weight is 346 g/mol. The molecular weight excluding hydrogens is 324 g/mol. The monoisotopic (exact) mass is 346 g/mol. The van der Waals surface area contributed by atoms with Crippen molar-refractivity contribution in [2.75, 3.05) is 20.3 Å². The standard InChI is InChI=1S/C19H22O6/c1-19(2)23-12-14(25-19)15-16(21-3)17(18(20)24-15)22-11-7-10-13-8-5-4-6-9-13/h4-10,14-15H,11-12H2,1-3H3/b10-7+/t14-,15+/m0/s1. The number of benzene rings is 1. The van der Waals surface area contributed by atoms with Crippen molar-refractivity contribution in [2.45, 2.75) is 31.8 Å². The molecule has 0 unspecified atom stereocenters. The normalized spacial score (nSPS) is 25.5. The lowest BCUT2D eigenvalue weighted by atomic mass is 10.2. The quantitative estimate of drug-likeness (QED) is 0.738. The number of esters is 1. The Morgan fingerprint density at radius 3 is 2.68 bits per heavy atom. The maximum atomic E-state index is 12.1. The molecule has 6 nitrogen and oxygen atoms in total.